The Morgan fingerprint density at radius 3 is 2.89 bits per heavy atom. The van der Waals surface area contributed by atoms with Gasteiger partial charge in [0, 0.05) is 33.6 Å². The van der Waals surface area contributed by atoms with Gasteiger partial charge in [-0.25, -0.2) is 4.98 Å². The summed E-state index contributed by atoms with van der Waals surface area (Å²) >= 11 is 7.97. The minimum Gasteiger partial charge on any atom is -0.384 e. The molecule has 142 valence electrons. The molecule has 7 heteroatoms. The maximum atomic E-state index is 13.0. The molecule has 1 aliphatic carbocycles. The van der Waals surface area contributed by atoms with Gasteiger partial charge < -0.3 is 5.73 Å². The molecule has 1 atom stereocenters. The quantitative estimate of drug-likeness (QED) is 0.743. The van der Waals surface area contributed by atoms with Crippen LogP contribution in [0.4, 0.5) is 5.69 Å². The minimum absolute atomic E-state index is 0.0722. The number of carbonyl (C=O) groups excluding carboxylic acids is 1. The molecule has 1 aliphatic heterocycles. The Morgan fingerprint density at radius 1 is 1.39 bits per heavy atom. The van der Waals surface area contributed by atoms with Crippen LogP contribution >= 0.6 is 22.9 Å². The number of hydrogen-bond donors (Lipinski definition) is 1. The standard InChI is InChI=1S/C21H19ClN4OS/c1-2-12-8-9-17(28-12)18-13(11-23)21(24)26(15-6-4-10-25-20(15)22)14-5-3-7-16(27)19(14)18/h4,6,8-10,18H,2-3,5,7,24H2,1H3. The average Bonchev–Trinajstić information content (AvgIpc) is 3.17. The van der Waals surface area contributed by atoms with Crippen LogP contribution in [0.1, 0.15) is 41.9 Å². The average molecular weight is 411 g/mol. The molecule has 0 amide bonds. The van der Waals surface area contributed by atoms with Crippen LogP contribution in [-0.2, 0) is 11.2 Å². The highest BCUT2D eigenvalue weighted by molar-refractivity contribution is 7.12. The molecule has 0 bridgehead atoms. The van der Waals surface area contributed by atoms with Crippen LogP contribution in [0.2, 0.25) is 5.15 Å². The minimum atomic E-state index is -0.412. The Kier molecular flexibility index (Phi) is 4.96. The summed E-state index contributed by atoms with van der Waals surface area (Å²) in [6.07, 6.45) is 4.44. The number of nitrogens with two attached hydrogens (primary N) is 1. The lowest BCUT2D eigenvalue weighted by Crippen LogP contribution is -2.38. The van der Waals surface area contributed by atoms with Crippen LogP contribution in [0.5, 0.6) is 0 Å². The lowest BCUT2D eigenvalue weighted by molar-refractivity contribution is -0.116. The van der Waals surface area contributed by atoms with Gasteiger partial charge in [0.05, 0.1) is 23.2 Å². The SMILES string of the molecule is CCc1ccc(C2C(C#N)=C(N)N(c3cccnc3Cl)C3=C2C(=O)CCC3)s1. The van der Waals surface area contributed by atoms with Crippen LogP contribution in [-0.4, -0.2) is 10.8 Å². The largest absolute Gasteiger partial charge is 0.384 e. The van der Waals surface area contributed by atoms with Gasteiger partial charge in [-0.3, -0.25) is 9.69 Å². The molecule has 0 saturated heterocycles. The van der Waals surface area contributed by atoms with Gasteiger partial charge in [0.2, 0.25) is 0 Å². The van der Waals surface area contributed by atoms with E-state index in [0.717, 1.165) is 23.4 Å². The molecule has 28 heavy (non-hydrogen) atoms. The molecule has 3 heterocycles. The summed E-state index contributed by atoms with van der Waals surface area (Å²) in [6, 6.07) is 9.92. The summed E-state index contributed by atoms with van der Waals surface area (Å²) in [5.41, 5.74) is 8.99. The predicted molar refractivity (Wildman–Crippen MR) is 111 cm³/mol. The molecule has 0 aromatic carbocycles. The molecule has 4 rings (SSSR count). The van der Waals surface area contributed by atoms with Crippen molar-refractivity contribution in [3.8, 4) is 6.07 Å². The van der Waals surface area contributed by atoms with Crippen LogP contribution < -0.4 is 10.6 Å². The number of anilines is 1. The van der Waals surface area contributed by atoms with Gasteiger partial charge in [-0.2, -0.15) is 5.26 Å². The topological polar surface area (TPSA) is 83.0 Å². The number of pyridine rings is 1. The fraction of sp³-hybridized carbons (Fsp3) is 0.286. The van der Waals surface area contributed by atoms with Gasteiger partial charge in [-0.15, -0.1) is 11.3 Å². The van der Waals surface area contributed by atoms with Crippen LogP contribution in [0, 0.1) is 11.3 Å². The number of aromatic nitrogens is 1. The summed E-state index contributed by atoms with van der Waals surface area (Å²) in [5, 5.41) is 10.3. The molecule has 1 unspecified atom stereocenters. The van der Waals surface area contributed by atoms with Gasteiger partial charge in [-0.1, -0.05) is 18.5 Å². The van der Waals surface area contributed by atoms with Crippen molar-refractivity contribution in [3.63, 3.8) is 0 Å². The number of hydrogen-bond acceptors (Lipinski definition) is 6. The maximum absolute atomic E-state index is 13.0. The van der Waals surface area contributed by atoms with E-state index in [4.69, 9.17) is 17.3 Å². The Bertz CT molecular complexity index is 1060. The van der Waals surface area contributed by atoms with Gasteiger partial charge in [0.1, 0.15) is 5.82 Å². The van der Waals surface area contributed by atoms with Crippen LogP contribution in [0.25, 0.3) is 0 Å². The van der Waals surface area contributed by atoms with Gasteiger partial charge in [0.25, 0.3) is 0 Å². The van der Waals surface area contributed by atoms with Crippen molar-refractivity contribution in [2.24, 2.45) is 5.73 Å². The third kappa shape index (κ3) is 2.92. The van der Waals surface area contributed by atoms with Crippen LogP contribution in [0.15, 0.2) is 53.1 Å². The first-order valence-corrected chi connectivity index (χ1v) is 10.4. The molecule has 0 saturated carbocycles. The molecule has 2 N–H and O–H groups in total. The number of halogens is 1. The van der Waals surface area contributed by atoms with E-state index in [9.17, 15) is 10.1 Å². The van der Waals surface area contributed by atoms with Crippen molar-refractivity contribution in [2.45, 2.75) is 38.5 Å². The zero-order valence-corrected chi connectivity index (χ0v) is 17.0. The summed E-state index contributed by atoms with van der Waals surface area (Å²) in [4.78, 5) is 21.1. The number of ketones is 1. The van der Waals surface area contributed by atoms with E-state index in [-0.39, 0.29) is 10.9 Å². The number of thiophene rings is 1. The normalized spacial score (nSPS) is 19.7. The Labute approximate surface area is 172 Å². The number of carbonyl (C=O) groups is 1. The van der Waals surface area contributed by atoms with Crippen molar-refractivity contribution >= 4 is 34.4 Å². The Balaban J connectivity index is 1.97. The molecular weight excluding hydrogens is 392 g/mol. The van der Waals surface area contributed by atoms with Crippen molar-refractivity contribution in [2.75, 3.05) is 4.90 Å². The Morgan fingerprint density at radius 2 is 2.21 bits per heavy atom. The number of aryl methyl sites for hydroxylation is 1. The van der Waals surface area contributed by atoms with Crippen molar-refractivity contribution in [3.05, 3.63) is 68.0 Å². The number of rotatable bonds is 3. The molecule has 0 radical (unpaired) electrons. The highest BCUT2D eigenvalue weighted by atomic mass is 35.5. The summed E-state index contributed by atoms with van der Waals surface area (Å²) in [7, 11) is 0. The highest BCUT2D eigenvalue weighted by Crippen LogP contribution is 2.48. The van der Waals surface area contributed by atoms with E-state index in [1.165, 1.54) is 4.88 Å². The molecule has 5 nitrogen and oxygen atoms in total. The zero-order chi connectivity index (χ0) is 19.8. The third-order valence-corrected chi connectivity index (χ3v) is 6.79. The first-order chi connectivity index (χ1) is 13.6. The first-order valence-electron chi connectivity index (χ1n) is 9.22. The lowest BCUT2D eigenvalue weighted by atomic mass is 9.78. The molecule has 0 spiro atoms. The van der Waals surface area contributed by atoms with Crippen molar-refractivity contribution < 1.29 is 4.79 Å². The summed E-state index contributed by atoms with van der Waals surface area (Å²) in [5.74, 6) is -0.0185. The van der Waals surface area contributed by atoms with Gasteiger partial charge in [-0.05, 0) is 43.5 Å². The Hall–Kier alpha value is -2.62. The van der Waals surface area contributed by atoms with E-state index in [0.29, 0.717) is 35.5 Å². The van der Waals surface area contributed by atoms with E-state index >= 15 is 0 Å². The fourth-order valence-corrected chi connectivity index (χ4v) is 5.21. The second-order valence-corrected chi connectivity index (χ2v) is 8.35. The zero-order valence-electron chi connectivity index (χ0n) is 15.4. The van der Waals surface area contributed by atoms with Crippen molar-refractivity contribution in [1.29, 1.82) is 5.26 Å². The van der Waals surface area contributed by atoms with E-state index in [2.05, 4.69) is 24.0 Å². The smallest absolute Gasteiger partial charge is 0.161 e. The molecule has 2 aliphatic rings. The van der Waals surface area contributed by atoms with E-state index in [1.54, 1.807) is 28.5 Å². The fourth-order valence-electron chi connectivity index (χ4n) is 3.93. The molecular formula is C21H19ClN4OS. The van der Waals surface area contributed by atoms with Crippen molar-refractivity contribution in [1.82, 2.24) is 4.98 Å². The maximum Gasteiger partial charge on any atom is 0.161 e. The molecule has 2 aromatic heterocycles. The second-order valence-electron chi connectivity index (χ2n) is 6.79. The third-order valence-electron chi connectivity index (χ3n) is 5.21. The number of nitriles is 1. The van der Waals surface area contributed by atoms with Gasteiger partial charge in [0.15, 0.2) is 10.9 Å². The monoisotopic (exact) mass is 410 g/mol. The first kappa shape index (κ1) is 18.7. The summed E-state index contributed by atoms with van der Waals surface area (Å²) in [6.45, 7) is 2.09. The summed E-state index contributed by atoms with van der Waals surface area (Å²) < 4.78 is 0. The van der Waals surface area contributed by atoms with E-state index in [1.807, 2.05) is 12.1 Å². The molecule has 2 aromatic rings. The number of allylic oxidation sites excluding steroid dienone is 3. The number of Topliss-reactive ketones (excluding diaryl/α,β-unsaturated/α-hetero) is 1. The highest BCUT2D eigenvalue weighted by Gasteiger charge is 2.41. The van der Waals surface area contributed by atoms with E-state index < -0.39 is 5.92 Å². The molecule has 0 fully saturated rings. The van der Waals surface area contributed by atoms with Gasteiger partial charge >= 0.3 is 0 Å². The lowest BCUT2D eigenvalue weighted by Gasteiger charge is -2.39. The predicted octanol–water partition coefficient (Wildman–Crippen LogP) is 4.66. The second kappa shape index (κ2) is 7.42. The number of nitrogens with zero attached hydrogens (tertiary/aromatic N) is 3. The van der Waals surface area contributed by atoms with Crippen LogP contribution in [0.3, 0.4) is 0 Å².